The zero-order valence-corrected chi connectivity index (χ0v) is 11.6. The molecule has 0 radical (unpaired) electrons. The molecular formula is C14H17F3N2O2. The Morgan fingerprint density at radius 2 is 1.90 bits per heavy atom. The molecule has 1 aromatic rings. The third-order valence-electron chi connectivity index (χ3n) is 2.65. The summed E-state index contributed by atoms with van der Waals surface area (Å²) in [5, 5.41) is 4.83. The number of halogens is 3. The topological polar surface area (TPSA) is 58.2 Å². The SMILES string of the molecule is CCCCNC(=O)CC(=O)Nc1cccc(C(F)(F)F)c1. The Kier molecular flexibility index (Phi) is 6.20. The second-order valence-corrected chi connectivity index (χ2v) is 4.51. The fourth-order valence-corrected chi connectivity index (χ4v) is 1.59. The molecule has 116 valence electrons. The Balaban J connectivity index is 2.53. The highest BCUT2D eigenvalue weighted by Gasteiger charge is 2.30. The van der Waals surface area contributed by atoms with Crippen LogP contribution in [-0.2, 0) is 15.8 Å². The van der Waals surface area contributed by atoms with E-state index in [-0.39, 0.29) is 5.69 Å². The van der Waals surface area contributed by atoms with Gasteiger partial charge < -0.3 is 10.6 Å². The normalized spacial score (nSPS) is 11.0. The molecule has 0 aromatic heterocycles. The van der Waals surface area contributed by atoms with Crippen molar-refractivity contribution in [3.05, 3.63) is 29.8 Å². The van der Waals surface area contributed by atoms with Crippen molar-refractivity contribution in [2.75, 3.05) is 11.9 Å². The standard InChI is InChI=1S/C14H17F3N2O2/c1-2-3-7-18-12(20)9-13(21)19-11-6-4-5-10(8-11)14(15,16)17/h4-6,8H,2-3,7,9H2,1H3,(H,18,20)(H,19,21). The number of anilines is 1. The second kappa shape index (κ2) is 7.66. The zero-order chi connectivity index (χ0) is 15.9. The minimum absolute atomic E-state index is 0.0104. The van der Waals surface area contributed by atoms with Gasteiger partial charge in [-0.1, -0.05) is 19.4 Å². The zero-order valence-electron chi connectivity index (χ0n) is 11.6. The fraction of sp³-hybridized carbons (Fsp3) is 0.429. The summed E-state index contributed by atoms with van der Waals surface area (Å²) in [6.07, 6.45) is -3.17. The smallest absolute Gasteiger partial charge is 0.356 e. The molecule has 0 heterocycles. The molecule has 2 N–H and O–H groups in total. The van der Waals surface area contributed by atoms with Crippen LogP contribution in [-0.4, -0.2) is 18.4 Å². The maximum absolute atomic E-state index is 12.5. The third kappa shape index (κ3) is 6.29. The number of hydrogen-bond acceptors (Lipinski definition) is 2. The molecule has 0 fully saturated rings. The first-order valence-electron chi connectivity index (χ1n) is 6.56. The van der Waals surface area contributed by atoms with E-state index in [9.17, 15) is 22.8 Å². The highest BCUT2D eigenvalue weighted by molar-refractivity contribution is 6.03. The van der Waals surface area contributed by atoms with Crippen molar-refractivity contribution in [1.29, 1.82) is 0 Å². The first-order chi connectivity index (χ1) is 9.82. The quantitative estimate of drug-likeness (QED) is 0.627. The summed E-state index contributed by atoms with van der Waals surface area (Å²) in [6.45, 7) is 2.44. The predicted molar refractivity (Wildman–Crippen MR) is 72.6 cm³/mol. The number of hydrogen-bond donors (Lipinski definition) is 2. The van der Waals surface area contributed by atoms with Gasteiger partial charge in [0.05, 0.1) is 5.56 Å². The number of carbonyl (C=O) groups is 2. The number of nitrogens with one attached hydrogen (secondary N) is 2. The number of unbranched alkanes of at least 4 members (excludes halogenated alkanes) is 1. The van der Waals surface area contributed by atoms with Gasteiger partial charge in [-0.3, -0.25) is 9.59 Å². The van der Waals surface area contributed by atoms with Gasteiger partial charge in [-0.05, 0) is 24.6 Å². The molecule has 0 saturated carbocycles. The van der Waals surface area contributed by atoms with Gasteiger partial charge in [-0.25, -0.2) is 0 Å². The Bertz CT molecular complexity index is 501. The van der Waals surface area contributed by atoms with Crippen LogP contribution in [0.1, 0.15) is 31.7 Å². The minimum Gasteiger partial charge on any atom is -0.356 e. The van der Waals surface area contributed by atoms with Gasteiger partial charge in [-0.2, -0.15) is 13.2 Å². The van der Waals surface area contributed by atoms with Crippen LogP contribution in [0.15, 0.2) is 24.3 Å². The van der Waals surface area contributed by atoms with E-state index in [0.717, 1.165) is 25.0 Å². The third-order valence-corrected chi connectivity index (χ3v) is 2.65. The summed E-state index contributed by atoms with van der Waals surface area (Å²) >= 11 is 0. The maximum Gasteiger partial charge on any atom is 0.416 e. The molecule has 0 unspecified atom stereocenters. The van der Waals surface area contributed by atoms with Gasteiger partial charge in [0.1, 0.15) is 6.42 Å². The van der Waals surface area contributed by atoms with Gasteiger partial charge in [0.2, 0.25) is 11.8 Å². The lowest BCUT2D eigenvalue weighted by Crippen LogP contribution is -2.28. The first-order valence-corrected chi connectivity index (χ1v) is 6.56. The van der Waals surface area contributed by atoms with E-state index in [1.165, 1.54) is 12.1 Å². The van der Waals surface area contributed by atoms with E-state index in [1.807, 2.05) is 6.92 Å². The summed E-state index contributed by atoms with van der Waals surface area (Å²) < 4.78 is 37.5. The van der Waals surface area contributed by atoms with Crippen molar-refractivity contribution >= 4 is 17.5 Å². The molecule has 0 bridgehead atoms. The molecule has 0 saturated heterocycles. The fourth-order valence-electron chi connectivity index (χ4n) is 1.59. The average Bonchev–Trinajstić information content (AvgIpc) is 2.38. The molecule has 0 aliphatic rings. The number of carbonyl (C=O) groups excluding carboxylic acids is 2. The number of benzene rings is 1. The van der Waals surface area contributed by atoms with E-state index in [2.05, 4.69) is 10.6 Å². The van der Waals surface area contributed by atoms with Crippen LogP contribution >= 0.6 is 0 Å². The van der Waals surface area contributed by atoms with Gasteiger partial charge >= 0.3 is 6.18 Å². The van der Waals surface area contributed by atoms with Crippen LogP contribution < -0.4 is 10.6 Å². The van der Waals surface area contributed by atoms with Gasteiger partial charge in [0, 0.05) is 12.2 Å². The average molecular weight is 302 g/mol. The summed E-state index contributed by atoms with van der Waals surface area (Å²) in [7, 11) is 0. The second-order valence-electron chi connectivity index (χ2n) is 4.51. The van der Waals surface area contributed by atoms with E-state index >= 15 is 0 Å². The van der Waals surface area contributed by atoms with Crippen molar-refractivity contribution in [3.63, 3.8) is 0 Å². The highest BCUT2D eigenvalue weighted by atomic mass is 19.4. The Morgan fingerprint density at radius 1 is 1.19 bits per heavy atom. The van der Waals surface area contributed by atoms with Crippen molar-refractivity contribution in [2.24, 2.45) is 0 Å². The summed E-state index contributed by atoms with van der Waals surface area (Å²) in [6, 6.07) is 4.27. The van der Waals surface area contributed by atoms with E-state index in [0.29, 0.717) is 6.54 Å². The summed E-state index contributed by atoms with van der Waals surface area (Å²) in [4.78, 5) is 23.0. The van der Waals surface area contributed by atoms with Crippen molar-refractivity contribution in [3.8, 4) is 0 Å². The van der Waals surface area contributed by atoms with Crippen LogP contribution in [0, 0.1) is 0 Å². The molecule has 21 heavy (non-hydrogen) atoms. The van der Waals surface area contributed by atoms with E-state index in [1.54, 1.807) is 0 Å². The molecule has 7 heteroatoms. The molecule has 0 spiro atoms. The molecule has 0 aliphatic carbocycles. The monoisotopic (exact) mass is 302 g/mol. The van der Waals surface area contributed by atoms with Crippen molar-refractivity contribution in [1.82, 2.24) is 5.32 Å². The maximum atomic E-state index is 12.5. The van der Waals surface area contributed by atoms with Crippen LogP contribution in [0.5, 0.6) is 0 Å². The Hall–Kier alpha value is -2.05. The van der Waals surface area contributed by atoms with Crippen LogP contribution in [0.2, 0.25) is 0 Å². The van der Waals surface area contributed by atoms with Gasteiger partial charge in [0.15, 0.2) is 0 Å². The van der Waals surface area contributed by atoms with Crippen molar-refractivity contribution in [2.45, 2.75) is 32.4 Å². The molecule has 1 rings (SSSR count). The lowest BCUT2D eigenvalue weighted by Gasteiger charge is -2.10. The number of alkyl halides is 3. The minimum atomic E-state index is -4.47. The van der Waals surface area contributed by atoms with E-state index in [4.69, 9.17) is 0 Å². The van der Waals surface area contributed by atoms with Crippen LogP contribution in [0.3, 0.4) is 0 Å². The highest BCUT2D eigenvalue weighted by Crippen LogP contribution is 2.30. The van der Waals surface area contributed by atoms with Gasteiger partial charge in [0.25, 0.3) is 0 Å². The summed E-state index contributed by atoms with van der Waals surface area (Å²) in [5.74, 6) is -1.10. The van der Waals surface area contributed by atoms with Crippen LogP contribution in [0.4, 0.5) is 18.9 Å². The molecule has 1 aromatic carbocycles. The predicted octanol–water partition coefficient (Wildman–Crippen LogP) is 2.95. The lowest BCUT2D eigenvalue weighted by atomic mass is 10.2. The number of rotatable bonds is 6. The molecule has 0 atom stereocenters. The lowest BCUT2D eigenvalue weighted by molar-refractivity contribution is -0.137. The largest absolute Gasteiger partial charge is 0.416 e. The van der Waals surface area contributed by atoms with Crippen molar-refractivity contribution < 1.29 is 22.8 Å². The molecule has 2 amide bonds. The van der Waals surface area contributed by atoms with Crippen LogP contribution in [0.25, 0.3) is 0 Å². The van der Waals surface area contributed by atoms with Gasteiger partial charge in [-0.15, -0.1) is 0 Å². The van der Waals surface area contributed by atoms with E-state index < -0.39 is 30.0 Å². The summed E-state index contributed by atoms with van der Waals surface area (Å²) in [5.41, 5.74) is -0.844. The Morgan fingerprint density at radius 3 is 2.52 bits per heavy atom. The molecule has 0 aliphatic heterocycles. The number of amides is 2. The first kappa shape index (κ1) is 17.0. The molecular weight excluding hydrogens is 285 g/mol. The Labute approximate surface area is 120 Å². The molecule has 4 nitrogen and oxygen atoms in total.